The van der Waals surface area contributed by atoms with Crippen molar-refractivity contribution >= 4 is 22.1 Å². The zero-order chi connectivity index (χ0) is 15.6. The first-order valence-corrected chi connectivity index (χ1v) is 7.78. The molecule has 0 radical (unpaired) electrons. The smallest absolute Gasteiger partial charge is 0.344 e. The minimum atomic E-state index is -3.64. The van der Waals surface area contributed by atoms with Crippen LogP contribution < -0.4 is 0 Å². The first-order chi connectivity index (χ1) is 9.87. The van der Waals surface area contributed by atoms with E-state index >= 15 is 0 Å². The number of hydrogen-bond donors (Lipinski definition) is 0. The molecule has 4 unspecified atom stereocenters. The van der Waals surface area contributed by atoms with Crippen LogP contribution >= 0.6 is 0 Å². The largest absolute Gasteiger partial charge is 0.454 e. The predicted octanol–water partition coefficient (Wildman–Crippen LogP) is -0.467. The van der Waals surface area contributed by atoms with Gasteiger partial charge in [-0.25, -0.2) is 9.59 Å². The van der Waals surface area contributed by atoms with E-state index in [1.807, 2.05) is 0 Å². The van der Waals surface area contributed by atoms with Crippen molar-refractivity contribution in [3.05, 3.63) is 12.7 Å². The van der Waals surface area contributed by atoms with Gasteiger partial charge in [0.25, 0.3) is 10.1 Å². The fraction of sp³-hybridized carbons (Fsp3) is 0.667. The summed E-state index contributed by atoms with van der Waals surface area (Å²) in [5.74, 6) is -1.55. The second-order valence-corrected chi connectivity index (χ2v) is 6.61. The number of rotatable bonds is 5. The summed E-state index contributed by atoms with van der Waals surface area (Å²) in [7, 11) is -2.23. The van der Waals surface area contributed by atoms with Crippen molar-refractivity contribution in [2.24, 2.45) is 0 Å². The average Bonchev–Trinajstić information content (AvgIpc) is 2.69. The quantitative estimate of drug-likeness (QED) is 0.380. The summed E-state index contributed by atoms with van der Waals surface area (Å²) in [5, 5.41) is -0.638. The number of ether oxygens (including phenoxy) is 3. The first-order valence-electron chi connectivity index (χ1n) is 6.31. The third-order valence-electron chi connectivity index (χ3n) is 3.46. The number of carbonyl (C=O) groups excluding carboxylic acids is 2. The van der Waals surface area contributed by atoms with Crippen molar-refractivity contribution in [1.82, 2.24) is 0 Å². The lowest BCUT2D eigenvalue weighted by atomic mass is 9.91. The van der Waals surface area contributed by atoms with E-state index in [9.17, 15) is 18.0 Å². The van der Waals surface area contributed by atoms with Crippen LogP contribution in [0.5, 0.6) is 0 Å². The molecule has 0 N–H and O–H groups in total. The van der Waals surface area contributed by atoms with Gasteiger partial charge in [-0.1, -0.05) is 6.58 Å². The number of esters is 2. The molecule has 0 aromatic heterocycles. The Balaban J connectivity index is 1.99. The Morgan fingerprint density at radius 1 is 1.38 bits per heavy atom. The second kappa shape index (κ2) is 6.12. The number of fused-ring (bicyclic) bond motifs is 2. The fourth-order valence-corrected chi connectivity index (χ4v) is 4.00. The lowest BCUT2D eigenvalue weighted by molar-refractivity contribution is -0.173. The SMILES string of the molecule is C=CC(=O)OCC(=O)OC1C(OC)CC2CC1OS2(=O)=O. The highest BCUT2D eigenvalue weighted by Crippen LogP contribution is 2.38. The lowest BCUT2D eigenvalue weighted by Crippen LogP contribution is -2.46. The van der Waals surface area contributed by atoms with E-state index in [0.717, 1.165) is 6.08 Å². The number of methoxy groups -OCH3 is 1. The van der Waals surface area contributed by atoms with Crippen LogP contribution in [-0.2, 0) is 38.1 Å². The number of hydrogen-bond acceptors (Lipinski definition) is 8. The van der Waals surface area contributed by atoms with Gasteiger partial charge in [-0.2, -0.15) is 8.42 Å². The topological polar surface area (TPSA) is 105 Å². The molecule has 1 aliphatic heterocycles. The molecular weight excluding hydrogens is 304 g/mol. The predicted molar refractivity (Wildman–Crippen MR) is 68.6 cm³/mol. The van der Waals surface area contributed by atoms with Crippen LogP contribution in [0.3, 0.4) is 0 Å². The van der Waals surface area contributed by atoms with E-state index < -0.39 is 52.2 Å². The maximum absolute atomic E-state index is 11.7. The monoisotopic (exact) mass is 320 g/mol. The van der Waals surface area contributed by atoms with Crippen LogP contribution in [0.1, 0.15) is 12.8 Å². The molecule has 1 aliphatic carbocycles. The first kappa shape index (κ1) is 15.9. The van der Waals surface area contributed by atoms with Gasteiger partial charge in [-0.15, -0.1) is 0 Å². The van der Waals surface area contributed by atoms with Gasteiger partial charge in [0.1, 0.15) is 6.10 Å². The van der Waals surface area contributed by atoms with Crippen molar-refractivity contribution in [1.29, 1.82) is 0 Å². The molecule has 1 saturated heterocycles. The van der Waals surface area contributed by atoms with E-state index in [2.05, 4.69) is 11.3 Å². The van der Waals surface area contributed by atoms with Crippen LogP contribution in [0.4, 0.5) is 0 Å². The van der Waals surface area contributed by atoms with Crippen molar-refractivity contribution in [3.8, 4) is 0 Å². The van der Waals surface area contributed by atoms with E-state index in [-0.39, 0.29) is 12.8 Å². The Kier molecular flexibility index (Phi) is 4.64. The fourth-order valence-electron chi connectivity index (χ4n) is 2.46. The third-order valence-corrected chi connectivity index (χ3v) is 5.18. The second-order valence-electron chi connectivity index (χ2n) is 4.76. The molecule has 2 aliphatic rings. The summed E-state index contributed by atoms with van der Waals surface area (Å²) in [4.78, 5) is 22.5. The molecule has 8 nitrogen and oxygen atoms in total. The summed E-state index contributed by atoms with van der Waals surface area (Å²) in [5.41, 5.74) is 0. The molecular formula is C12H16O8S. The molecule has 1 heterocycles. The van der Waals surface area contributed by atoms with Gasteiger partial charge in [0.05, 0.1) is 11.4 Å². The molecule has 1 saturated carbocycles. The standard InChI is InChI=1S/C12H16O8S/c1-3-10(13)18-6-11(14)19-12-8(17-2)4-7-5-9(12)20-21(7,15)16/h3,7-9,12H,1,4-6H2,2H3. The number of carbonyl (C=O) groups is 2. The van der Waals surface area contributed by atoms with Crippen molar-refractivity contribution in [2.75, 3.05) is 13.7 Å². The summed E-state index contributed by atoms with van der Waals surface area (Å²) in [6, 6.07) is 0. The minimum Gasteiger partial charge on any atom is -0.454 e. The molecule has 4 atom stereocenters. The summed E-state index contributed by atoms with van der Waals surface area (Å²) < 4.78 is 43.2. The van der Waals surface area contributed by atoms with Crippen LogP contribution in [0.25, 0.3) is 0 Å². The molecule has 0 aromatic carbocycles. The highest BCUT2D eigenvalue weighted by molar-refractivity contribution is 7.87. The highest BCUT2D eigenvalue weighted by atomic mass is 32.2. The molecule has 0 spiro atoms. The normalized spacial score (nSPS) is 33.2. The van der Waals surface area contributed by atoms with Gasteiger partial charge in [0.2, 0.25) is 0 Å². The molecule has 0 aromatic rings. The Morgan fingerprint density at radius 3 is 2.71 bits per heavy atom. The van der Waals surface area contributed by atoms with Crippen LogP contribution in [-0.4, -0.2) is 57.6 Å². The molecule has 21 heavy (non-hydrogen) atoms. The summed E-state index contributed by atoms with van der Waals surface area (Å²) >= 11 is 0. The van der Waals surface area contributed by atoms with Gasteiger partial charge < -0.3 is 14.2 Å². The molecule has 9 heteroatoms. The van der Waals surface area contributed by atoms with Crippen LogP contribution in [0, 0.1) is 0 Å². The van der Waals surface area contributed by atoms with Crippen molar-refractivity contribution in [2.45, 2.75) is 36.4 Å². The third kappa shape index (κ3) is 3.42. The van der Waals surface area contributed by atoms with Gasteiger partial charge >= 0.3 is 11.9 Å². The lowest BCUT2D eigenvalue weighted by Gasteiger charge is -2.32. The van der Waals surface area contributed by atoms with Gasteiger partial charge in [0.15, 0.2) is 12.7 Å². The Morgan fingerprint density at radius 2 is 2.10 bits per heavy atom. The van der Waals surface area contributed by atoms with E-state index in [0.29, 0.717) is 0 Å². The van der Waals surface area contributed by atoms with E-state index in [1.54, 1.807) is 0 Å². The zero-order valence-electron chi connectivity index (χ0n) is 11.4. The van der Waals surface area contributed by atoms with Gasteiger partial charge in [-0.3, -0.25) is 4.18 Å². The van der Waals surface area contributed by atoms with Crippen molar-refractivity contribution in [3.63, 3.8) is 0 Å². The van der Waals surface area contributed by atoms with Crippen molar-refractivity contribution < 1.29 is 36.4 Å². The maximum Gasteiger partial charge on any atom is 0.344 e. The van der Waals surface area contributed by atoms with Gasteiger partial charge in [-0.05, 0) is 12.8 Å². The summed E-state index contributed by atoms with van der Waals surface area (Å²) in [6.45, 7) is 2.61. The van der Waals surface area contributed by atoms with Crippen LogP contribution in [0.15, 0.2) is 12.7 Å². The van der Waals surface area contributed by atoms with E-state index in [1.165, 1.54) is 7.11 Å². The Hall–Kier alpha value is -1.45. The average molecular weight is 320 g/mol. The molecule has 2 bridgehead atoms. The minimum absolute atomic E-state index is 0.194. The van der Waals surface area contributed by atoms with E-state index in [4.69, 9.17) is 13.7 Å². The van der Waals surface area contributed by atoms with Gasteiger partial charge in [0, 0.05) is 13.2 Å². The molecule has 2 fully saturated rings. The van der Waals surface area contributed by atoms with Crippen LogP contribution in [0.2, 0.25) is 0 Å². The maximum atomic E-state index is 11.7. The summed E-state index contributed by atoms with van der Waals surface area (Å²) in [6.07, 6.45) is -0.823. The molecule has 0 amide bonds. The Bertz CT molecular complexity index is 539. The Labute approximate surface area is 122 Å². The molecule has 118 valence electrons. The highest BCUT2D eigenvalue weighted by Gasteiger charge is 2.53. The zero-order valence-corrected chi connectivity index (χ0v) is 12.2. The molecule has 2 rings (SSSR count).